The van der Waals surface area contributed by atoms with E-state index in [1.807, 2.05) is 0 Å². The largest absolute Gasteiger partial charge is 0.346 e. The fraction of sp³-hybridized carbons (Fsp3) is 0.357. The lowest BCUT2D eigenvalue weighted by Crippen LogP contribution is -2.43. The van der Waals surface area contributed by atoms with Gasteiger partial charge in [0.15, 0.2) is 5.79 Å². The van der Waals surface area contributed by atoms with Gasteiger partial charge in [0, 0.05) is 5.69 Å². The Labute approximate surface area is 125 Å². The van der Waals surface area contributed by atoms with Crippen LogP contribution >= 0.6 is 0 Å². The zero-order valence-electron chi connectivity index (χ0n) is 12.0. The second-order valence-electron chi connectivity index (χ2n) is 5.10. The van der Waals surface area contributed by atoms with Gasteiger partial charge in [-0.15, -0.1) is 0 Å². The van der Waals surface area contributed by atoms with E-state index in [4.69, 9.17) is 9.47 Å². The molecule has 3 rings (SSSR count). The average molecular weight is 304 g/mol. The molecule has 0 saturated carbocycles. The molecular formula is C14H16N4O4. The second-order valence-corrected chi connectivity index (χ2v) is 5.10. The molecule has 1 aromatic heterocycles. The van der Waals surface area contributed by atoms with E-state index in [1.165, 1.54) is 6.33 Å². The van der Waals surface area contributed by atoms with Crippen molar-refractivity contribution in [3.05, 3.63) is 34.9 Å². The van der Waals surface area contributed by atoms with E-state index in [9.17, 15) is 9.59 Å². The molecule has 0 atom stereocenters. The number of carbonyl (C=O) groups excluding carboxylic acids is 1. The normalized spacial score (nSPS) is 16.6. The third kappa shape index (κ3) is 3.07. The van der Waals surface area contributed by atoms with Crippen LogP contribution in [0.4, 0.5) is 10.5 Å². The highest BCUT2D eigenvalue weighted by Crippen LogP contribution is 2.17. The van der Waals surface area contributed by atoms with Crippen molar-refractivity contribution in [1.29, 1.82) is 0 Å². The van der Waals surface area contributed by atoms with Crippen molar-refractivity contribution < 1.29 is 14.3 Å². The van der Waals surface area contributed by atoms with Gasteiger partial charge in [-0.05, 0) is 25.1 Å². The molecule has 2 aromatic rings. The Balaban J connectivity index is 1.66. The molecule has 0 unspecified atom stereocenters. The zero-order chi connectivity index (χ0) is 15.6. The van der Waals surface area contributed by atoms with Crippen LogP contribution in [0.2, 0.25) is 0 Å². The summed E-state index contributed by atoms with van der Waals surface area (Å²) < 4.78 is 10.8. The van der Waals surface area contributed by atoms with Crippen molar-refractivity contribution >= 4 is 22.6 Å². The first-order chi connectivity index (χ1) is 10.6. The maximum absolute atomic E-state index is 11.9. The summed E-state index contributed by atoms with van der Waals surface area (Å²) >= 11 is 0. The summed E-state index contributed by atoms with van der Waals surface area (Å²) in [5, 5.41) is 5.75. The number of anilines is 1. The Bertz CT molecular complexity index is 752. The molecule has 1 aliphatic heterocycles. The van der Waals surface area contributed by atoms with E-state index >= 15 is 0 Å². The maximum atomic E-state index is 11.9. The van der Waals surface area contributed by atoms with Crippen LogP contribution in [0.15, 0.2) is 29.3 Å². The summed E-state index contributed by atoms with van der Waals surface area (Å²) in [6.45, 7) is 3.02. The first-order valence-electron chi connectivity index (χ1n) is 6.86. The van der Waals surface area contributed by atoms with Crippen LogP contribution in [0.3, 0.4) is 0 Å². The van der Waals surface area contributed by atoms with E-state index in [1.54, 1.807) is 25.1 Å². The van der Waals surface area contributed by atoms with Crippen LogP contribution < -0.4 is 16.2 Å². The molecule has 0 aliphatic carbocycles. The predicted molar refractivity (Wildman–Crippen MR) is 79.7 cm³/mol. The molecule has 8 heteroatoms. The van der Waals surface area contributed by atoms with Crippen molar-refractivity contribution in [2.75, 3.05) is 25.1 Å². The lowest BCUT2D eigenvalue weighted by Gasteiger charge is -2.22. The van der Waals surface area contributed by atoms with Crippen molar-refractivity contribution in [3.8, 4) is 0 Å². The Morgan fingerprint density at radius 3 is 2.95 bits per heavy atom. The smallest absolute Gasteiger partial charge is 0.319 e. The van der Waals surface area contributed by atoms with E-state index in [0.717, 1.165) is 0 Å². The standard InChI is InChI=1S/C14H16N4O4/c1-14(21-4-5-22-14)7-15-13(20)18-9-2-3-11-10(6-9)12(19)17-8-16-11/h2-3,6,8H,4-5,7H2,1H3,(H2,15,18,20)(H,16,17,19). The number of aromatic nitrogens is 2. The second kappa shape index (κ2) is 5.74. The molecule has 8 nitrogen and oxygen atoms in total. The number of H-pyrrole nitrogens is 1. The number of amides is 2. The van der Waals surface area contributed by atoms with Gasteiger partial charge in [-0.25, -0.2) is 9.78 Å². The minimum Gasteiger partial charge on any atom is -0.346 e. The molecule has 116 valence electrons. The van der Waals surface area contributed by atoms with E-state index in [2.05, 4.69) is 20.6 Å². The van der Waals surface area contributed by atoms with Crippen molar-refractivity contribution in [3.63, 3.8) is 0 Å². The topological polar surface area (TPSA) is 105 Å². The fourth-order valence-electron chi connectivity index (χ4n) is 2.22. The molecule has 2 amide bonds. The number of rotatable bonds is 3. The Morgan fingerprint density at radius 1 is 1.41 bits per heavy atom. The van der Waals surface area contributed by atoms with Gasteiger partial charge in [-0.1, -0.05) is 0 Å². The van der Waals surface area contributed by atoms with Gasteiger partial charge in [0.2, 0.25) is 0 Å². The summed E-state index contributed by atoms with van der Waals surface area (Å²) in [4.78, 5) is 30.1. The Hall–Kier alpha value is -2.45. The molecule has 2 heterocycles. The van der Waals surface area contributed by atoms with Gasteiger partial charge in [-0.3, -0.25) is 4.79 Å². The number of aromatic amines is 1. The predicted octanol–water partition coefficient (Wildman–Crippen LogP) is 0.808. The molecule has 0 spiro atoms. The molecule has 0 radical (unpaired) electrons. The molecule has 1 aromatic carbocycles. The summed E-state index contributed by atoms with van der Waals surface area (Å²) in [6, 6.07) is 4.52. The van der Waals surface area contributed by atoms with Gasteiger partial charge in [0.1, 0.15) is 0 Å². The van der Waals surface area contributed by atoms with E-state index in [0.29, 0.717) is 29.8 Å². The highest BCUT2D eigenvalue weighted by atomic mass is 16.7. The fourth-order valence-corrected chi connectivity index (χ4v) is 2.22. The van der Waals surface area contributed by atoms with Gasteiger partial charge in [-0.2, -0.15) is 0 Å². The number of hydrogen-bond donors (Lipinski definition) is 3. The summed E-state index contributed by atoms with van der Waals surface area (Å²) in [7, 11) is 0. The Kier molecular flexibility index (Phi) is 3.78. The number of urea groups is 1. The number of nitrogens with zero attached hydrogens (tertiary/aromatic N) is 1. The van der Waals surface area contributed by atoms with Crippen LogP contribution in [0, 0.1) is 0 Å². The number of fused-ring (bicyclic) bond motifs is 1. The monoisotopic (exact) mass is 304 g/mol. The molecule has 1 aliphatic rings. The van der Waals surface area contributed by atoms with Crippen LogP contribution in [0.25, 0.3) is 10.9 Å². The SMILES string of the molecule is CC1(CNC(=O)Nc2ccc3nc[nH]c(=O)c3c2)OCCO1. The summed E-state index contributed by atoms with van der Waals surface area (Å²) in [5.74, 6) is -0.790. The third-order valence-electron chi connectivity index (χ3n) is 3.37. The lowest BCUT2D eigenvalue weighted by atomic mass is 10.2. The van der Waals surface area contributed by atoms with Gasteiger partial charge in [0.05, 0.1) is 37.0 Å². The van der Waals surface area contributed by atoms with Gasteiger partial charge >= 0.3 is 6.03 Å². The van der Waals surface area contributed by atoms with Gasteiger partial charge < -0.3 is 25.1 Å². The molecule has 3 N–H and O–H groups in total. The van der Waals surface area contributed by atoms with Gasteiger partial charge in [0.25, 0.3) is 5.56 Å². The van der Waals surface area contributed by atoms with Crippen LogP contribution in [0.5, 0.6) is 0 Å². The maximum Gasteiger partial charge on any atom is 0.319 e. The minimum atomic E-state index is -0.790. The van der Waals surface area contributed by atoms with Crippen molar-refractivity contribution in [2.24, 2.45) is 0 Å². The quantitative estimate of drug-likeness (QED) is 0.778. The molecular weight excluding hydrogens is 288 g/mol. The Morgan fingerprint density at radius 2 is 2.18 bits per heavy atom. The number of benzene rings is 1. The van der Waals surface area contributed by atoms with E-state index in [-0.39, 0.29) is 12.1 Å². The zero-order valence-corrected chi connectivity index (χ0v) is 12.0. The summed E-state index contributed by atoms with van der Waals surface area (Å²) in [5.41, 5.74) is 0.811. The molecule has 1 saturated heterocycles. The average Bonchev–Trinajstić information content (AvgIpc) is 2.94. The first kappa shape index (κ1) is 14.5. The first-order valence-corrected chi connectivity index (χ1v) is 6.86. The summed E-state index contributed by atoms with van der Waals surface area (Å²) in [6.07, 6.45) is 1.34. The van der Waals surface area contributed by atoms with Crippen molar-refractivity contribution in [2.45, 2.75) is 12.7 Å². The number of nitrogens with one attached hydrogen (secondary N) is 3. The van der Waals surface area contributed by atoms with Crippen molar-refractivity contribution in [1.82, 2.24) is 15.3 Å². The third-order valence-corrected chi connectivity index (χ3v) is 3.37. The van der Waals surface area contributed by atoms with Crippen LogP contribution in [0.1, 0.15) is 6.92 Å². The van der Waals surface area contributed by atoms with Crippen LogP contribution in [-0.2, 0) is 9.47 Å². The number of hydrogen-bond acceptors (Lipinski definition) is 5. The molecule has 0 bridgehead atoms. The highest BCUT2D eigenvalue weighted by molar-refractivity contribution is 5.92. The molecule has 1 fully saturated rings. The van der Waals surface area contributed by atoms with Crippen LogP contribution in [-0.4, -0.2) is 41.5 Å². The highest BCUT2D eigenvalue weighted by Gasteiger charge is 2.31. The number of ether oxygens (including phenoxy) is 2. The number of carbonyl (C=O) groups is 1. The molecule has 22 heavy (non-hydrogen) atoms. The minimum absolute atomic E-state index is 0.231. The van der Waals surface area contributed by atoms with E-state index < -0.39 is 11.8 Å². The lowest BCUT2D eigenvalue weighted by molar-refractivity contribution is -0.136.